The van der Waals surface area contributed by atoms with Crippen LogP contribution >= 0.6 is 23.2 Å². The standard InChI is InChI=1S/C27H28Cl2N4O2/c1-30-22-8-4-10-24-26(22)23(31-2)9-5-15-33(24)27(35)17-11-13-18(14-12-17)32-25(34)16-19-20(28)6-3-7-21(19)29/h3-4,6-8,10-14,23,30-31H,5,9,15-16H2,1-2H3,(H,32,34). The van der Waals surface area contributed by atoms with Crippen LogP contribution in [0, 0.1) is 0 Å². The molecule has 0 fully saturated rings. The molecule has 8 heteroatoms. The topological polar surface area (TPSA) is 73.5 Å². The van der Waals surface area contributed by atoms with Crippen LogP contribution in [0.5, 0.6) is 0 Å². The fraction of sp³-hybridized carbons (Fsp3) is 0.259. The number of rotatable bonds is 6. The number of nitrogens with one attached hydrogen (secondary N) is 3. The number of hydrogen-bond acceptors (Lipinski definition) is 4. The highest BCUT2D eigenvalue weighted by Gasteiger charge is 2.28. The molecule has 3 N–H and O–H groups in total. The predicted molar refractivity (Wildman–Crippen MR) is 144 cm³/mol. The van der Waals surface area contributed by atoms with Crippen LogP contribution in [0.4, 0.5) is 17.1 Å². The van der Waals surface area contributed by atoms with Gasteiger partial charge < -0.3 is 20.9 Å². The largest absolute Gasteiger partial charge is 0.388 e. The SMILES string of the molecule is CNc1cccc2c1C(NC)CCCN2C(=O)c1ccc(NC(=O)Cc2c(Cl)cccc2Cl)cc1. The number of hydrogen-bond donors (Lipinski definition) is 3. The lowest BCUT2D eigenvalue weighted by atomic mass is 9.99. The van der Waals surface area contributed by atoms with Gasteiger partial charge in [0, 0.05) is 52.2 Å². The number of carbonyl (C=O) groups is 2. The smallest absolute Gasteiger partial charge is 0.258 e. The maximum Gasteiger partial charge on any atom is 0.258 e. The zero-order chi connectivity index (χ0) is 24.9. The Morgan fingerprint density at radius 3 is 2.31 bits per heavy atom. The number of carbonyl (C=O) groups excluding carboxylic acids is 2. The van der Waals surface area contributed by atoms with Crippen LogP contribution in [-0.2, 0) is 11.2 Å². The van der Waals surface area contributed by atoms with Crippen molar-refractivity contribution >= 4 is 52.1 Å². The number of benzene rings is 3. The molecular weight excluding hydrogens is 483 g/mol. The molecule has 0 bridgehead atoms. The number of fused-ring (bicyclic) bond motifs is 1. The van der Waals surface area contributed by atoms with Gasteiger partial charge in [0.15, 0.2) is 0 Å². The molecular formula is C27H28Cl2N4O2. The molecule has 0 aromatic heterocycles. The molecule has 1 aliphatic heterocycles. The van der Waals surface area contributed by atoms with Gasteiger partial charge in [0.05, 0.1) is 12.1 Å². The van der Waals surface area contributed by atoms with Crippen molar-refractivity contribution in [2.45, 2.75) is 25.3 Å². The van der Waals surface area contributed by atoms with Gasteiger partial charge in [-0.3, -0.25) is 9.59 Å². The van der Waals surface area contributed by atoms with Crippen molar-refractivity contribution in [1.29, 1.82) is 0 Å². The number of halogens is 2. The average Bonchev–Trinajstić information content (AvgIpc) is 3.06. The van der Waals surface area contributed by atoms with Gasteiger partial charge in [-0.1, -0.05) is 35.3 Å². The quantitative estimate of drug-likeness (QED) is 0.384. The summed E-state index contributed by atoms with van der Waals surface area (Å²) < 4.78 is 0. The fourth-order valence-corrected chi connectivity index (χ4v) is 5.04. The van der Waals surface area contributed by atoms with Crippen LogP contribution in [-0.4, -0.2) is 32.5 Å². The van der Waals surface area contributed by atoms with E-state index in [1.165, 1.54) is 0 Å². The summed E-state index contributed by atoms with van der Waals surface area (Å²) >= 11 is 12.4. The Hall–Kier alpha value is -3.06. The summed E-state index contributed by atoms with van der Waals surface area (Å²) in [7, 11) is 3.84. The maximum atomic E-state index is 13.5. The molecule has 1 heterocycles. The van der Waals surface area contributed by atoms with E-state index in [2.05, 4.69) is 16.0 Å². The van der Waals surface area contributed by atoms with Crippen molar-refractivity contribution in [2.75, 3.05) is 36.2 Å². The summed E-state index contributed by atoms with van der Waals surface area (Å²) in [6.45, 7) is 0.633. The van der Waals surface area contributed by atoms with Gasteiger partial charge in [-0.25, -0.2) is 0 Å². The lowest BCUT2D eigenvalue weighted by molar-refractivity contribution is -0.115. The number of amides is 2. The Morgan fingerprint density at radius 1 is 0.971 bits per heavy atom. The summed E-state index contributed by atoms with van der Waals surface area (Å²) in [5.74, 6) is -0.310. The fourth-order valence-electron chi connectivity index (χ4n) is 4.51. The Morgan fingerprint density at radius 2 is 1.66 bits per heavy atom. The summed E-state index contributed by atoms with van der Waals surface area (Å²) in [4.78, 5) is 27.9. The number of anilines is 3. The summed E-state index contributed by atoms with van der Waals surface area (Å²) in [6.07, 6.45) is 1.88. The van der Waals surface area contributed by atoms with Gasteiger partial charge in [-0.15, -0.1) is 0 Å². The Bertz CT molecular complexity index is 1210. The summed E-state index contributed by atoms with van der Waals surface area (Å²) in [6, 6.07) is 18.3. The first-order valence-electron chi connectivity index (χ1n) is 11.6. The molecule has 3 aromatic carbocycles. The predicted octanol–water partition coefficient (Wildman–Crippen LogP) is 5.92. The van der Waals surface area contributed by atoms with Crippen molar-refractivity contribution in [3.05, 3.63) is 87.4 Å². The molecule has 0 spiro atoms. The summed E-state index contributed by atoms with van der Waals surface area (Å²) in [5.41, 5.74) is 4.76. The molecule has 1 aliphatic rings. The molecule has 3 aromatic rings. The molecule has 1 unspecified atom stereocenters. The second kappa shape index (κ2) is 11.1. The van der Waals surface area contributed by atoms with Gasteiger partial charge in [-0.2, -0.15) is 0 Å². The van der Waals surface area contributed by atoms with E-state index in [-0.39, 0.29) is 24.3 Å². The van der Waals surface area contributed by atoms with Crippen LogP contribution in [0.25, 0.3) is 0 Å². The van der Waals surface area contributed by atoms with Crippen molar-refractivity contribution in [3.63, 3.8) is 0 Å². The first-order valence-corrected chi connectivity index (χ1v) is 12.3. The highest BCUT2D eigenvalue weighted by molar-refractivity contribution is 6.36. The third kappa shape index (κ3) is 5.45. The monoisotopic (exact) mass is 510 g/mol. The van der Waals surface area contributed by atoms with E-state index in [1.807, 2.05) is 37.2 Å². The summed E-state index contributed by atoms with van der Waals surface area (Å²) in [5, 5.41) is 10.4. The van der Waals surface area contributed by atoms with Crippen molar-refractivity contribution in [1.82, 2.24) is 5.32 Å². The second-order valence-electron chi connectivity index (χ2n) is 8.43. The molecule has 6 nitrogen and oxygen atoms in total. The van der Waals surface area contributed by atoms with Gasteiger partial charge >= 0.3 is 0 Å². The highest BCUT2D eigenvalue weighted by Crippen LogP contribution is 2.38. The van der Waals surface area contributed by atoms with E-state index >= 15 is 0 Å². The second-order valence-corrected chi connectivity index (χ2v) is 9.25. The molecule has 1 atom stereocenters. The van der Waals surface area contributed by atoms with Crippen molar-refractivity contribution in [2.24, 2.45) is 0 Å². The van der Waals surface area contributed by atoms with Crippen molar-refractivity contribution in [3.8, 4) is 0 Å². The first-order chi connectivity index (χ1) is 16.9. The lowest BCUT2D eigenvalue weighted by Crippen LogP contribution is -2.32. The third-order valence-corrected chi connectivity index (χ3v) is 6.98. The molecule has 0 aliphatic carbocycles. The average molecular weight is 511 g/mol. The van der Waals surface area contributed by atoms with Crippen LogP contribution in [0.3, 0.4) is 0 Å². The van der Waals surface area contributed by atoms with Crippen molar-refractivity contribution < 1.29 is 9.59 Å². The van der Waals surface area contributed by atoms with Gasteiger partial charge in [0.25, 0.3) is 5.91 Å². The Labute approximate surface area is 215 Å². The molecule has 2 amide bonds. The van der Waals surface area contributed by atoms with E-state index in [0.29, 0.717) is 33.4 Å². The minimum atomic E-state index is -0.238. The van der Waals surface area contributed by atoms with E-state index in [0.717, 1.165) is 29.8 Å². The van der Waals surface area contributed by atoms with E-state index in [1.54, 1.807) is 42.5 Å². The van der Waals surface area contributed by atoms with Crippen LogP contribution in [0.2, 0.25) is 10.0 Å². The van der Waals surface area contributed by atoms with Gasteiger partial charge in [0.1, 0.15) is 0 Å². The normalized spacial score (nSPS) is 15.2. The highest BCUT2D eigenvalue weighted by atomic mass is 35.5. The van der Waals surface area contributed by atoms with Crippen LogP contribution in [0.15, 0.2) is 60.7 Å². The Kier molecular flexibility index (Phi) is 7.96. The molecule has 182 valence electrons. The van der Waals surface area contributed by atoms with Gasteiger partial charge in [-0.05, 0) is 74.0 Å². The molecule has 0 saturated carbocycles. The van der Waals surface area contributed by atoms with Gasteiger partial charge in [0.2, 0.25) is 5.91 Å². The first kappa shape index (κ1) is 25.0. The molecule has 4 rings (SSSR count). The zero-order valence-electron chi connectivity index (χ0n) is 19.7. The lowest BCUT2D eigenvalue weighted by Gasteiger charge is -2.26. The number of nitrogens with zero attached hydrogens (tertiary/aromatic N) is 1. The zero-order valence-corrected chi connectivity index (χ0v) is 21.2. The maximum absolute atomic E-state index is 13.5. The van der Waals surface area contributed by atoms with E-state index in [4.69, 9.17) is 23.2 Å². The minimum Gasteiger partial charge on any atom is -0.388 e. The molecule has 0 saturated heterocycles. The molecule has 35 heavy (non-hydrogen) atoms. The third-order valence-electron chi connectivity index (χ3n) is 6.27. The Balaban J connectivity index is 1.52. The van der Waals surface area contributed by atoms with Crippen LogP contribution < -0.4 is 20.9 Å². The van der Waals surface area contributed by atoms with Crippen LogP contribution in [0.1, 0.15) is 40.4 Å². The van der Waals surface area contributed by atoms with E-state index < -0.39 is 0 Å². The minimum absolute atomic E-state index is 0.0597. The molecule has 0 radical (unpaired) electrons. The van der Waals surface area contributed by atoms with E-state index in [9.17, 15) is 9.59 Å².